The van der Waals surface area contributed by atoms with Gasteiger partial charge < -0.3 is 44.5 Å². The van der Waals surface area contributed by atoms with Crippen molar-refractivity contribution >= 4 is 22.6 Å². The summed E-state index contributed by atoms with van der Waals surface area (Å²) in [5.41, 5.74) is -0.517. The van der Waals surface area contributed by atoms with Crippen molar-refractivity contribution in [3.8, 4) is 11.5 Å². The Kier molecular flexibility index (Phi) is 9.23. The molecule has 0 saturated carbocycles. The minimum absolute atomic E-state index is 0.0265. The Hall–Kier alpha value is -1.84. The fourth-order valence-electron chi connectivity index (χ4n) is 3.23. The average Bonchev–Trinajstić information content (AvgIpc) is 3.21. The van der Waals surface area contributed by atoms with Crippen LogP contribution in [0.4, 0.5) is 0 Å². The zero-order chi connectivity index (χ0) is 24.9. The number of aliphatic hydroxyl groups is 4. The highest BCUT2D eigenvalue weighted by atomic mass is 32.2. The average molecular weight is 503 g/mol. The number of rotatable bonds is 11. The molecule has 34 heavy (non-hydrogen) atoms. The normalized spacial score (nSPS) is 31.4. The Morgan fingerprint density at radius 3 is 2.59 bits per heavy atom. The molecule has 1 aromatic rings. The fourth-order valence-corrected chi connectivity index (χ4v) is 4.47. The Morgan fingerprint density at radius 2 is 1.94 bits per heavy atom. The number of aromatic nitrogens is 1. The SMILES string of the molecule is CC(=O)[C@@]1(C)CSC(c2ncc(OCCOCCO[C@H]3OC(CO)[C@@H](O)C(O)[C@@H]3O)cc2O)=N1. The molecule has 1 aromatic heterocycles. The molecule has 0 radical (unpaired) electrons. The van der Waals surface area contributed by atoms with Crippen LogP contribution in [-0.2, 0) is 19.0 Å². The number of ketones is 1. The zero-order valence-electron chi connectivity index (χ0n) is 18.9. The molecule has 0 amide bonds. The van der Waals surface area contributed by atoms with Gasteiger partial charge in [0.1, 0.15) is 58.8 Å². The molecule has 2 aliphatic heterocycles. The lowest BCUT2D eigenvalue weighted by Crippen LogP contribution is -2.59. The molecule has 2 aliphatic rings. The van der Waals surface area contributed by atoms with E-state index in [2.05, 4.69) is 9.98 Å². The highest BCUT2D eigenvalue weighted by Crippen LogP contribution is 2.34. The number of pyridine rings is 1. The summed E-state index contributed by atoms with van der Waals surface area (Å²) in [5, 5.41) is 49.3. The smallest absolute Gasteiger partial charge is 0.186 e. The van der Waals surface area contributed by atoms with Gasteiger partial charge in [0.2, 0.25) is 0 Å². The summed E-state index contributed by atoms with van der Waals surface area (Å²) in [4.78, 5) is 20.4. The number of ether oxygens (including phenoxy) is 4. The maximum absolute atomic E-state index is 11.8. The van der Waals surface area contributed by atoms with Gasteiger partial charge in [-0.1, -0.05) is 0 Å². The standard InChI is InChI=1S/C21H30N2O10S/c1-11(25)21(2)10-34-19(23-21)15-13(26)7-12(8-22-15)31-5-3-30-4-6-32-20-18(29)17(28)16(27)14(9-24)33-20/h7-8,14,16-18,20,24,26-29H,3-6,9-10H2,1-2H3/t14?,16-,17?,18+,20+,21-/m1/s1. The van der Waals surface area contributed by atoms with Gasteiger partial charge >= 0.3 is 0 Å². The molecule has 190 valence electrons. The van der Waals surface area contributed by atoms with E-state index in [9.17, 15) is 25.2 Å². The topological polar surface area (TPSA) is 180 Å². The number of aliphatic hydroxyl groups excluding tert-OH is 4. The number of nitrogens with zero attached hydrogens (tertiary/aromatic N) is 2. The summed E-state index contributed by atoms with van der Waals surface area (Å²) in [5.74, 6) is 0.674. The van der Waals surface area contributed by atoms with Crippen molar-refractivity contribution in [2.24, 2.45) is 4.99 Å². The number of aliphatic imine (C=N–C) groups is 1. The molecule has 5 N–H and O–H groups in total. The molecule has 2 unspecified atom stereocenters. The molecular weight excluding hydrogens is 472 g/mol. The molecule has 3 rings (SSSR count). The van der Waals surface area contributed by atoms with E-state index in [1.807, 2.05) is 0 Å². The van der Waals surface area contributed by atoms with Crippen LogP contribution in [0.15, 0.2) is 17.3 Å². The lowest BCUT2D eigenvalue weighted by molar-refractivity contribution is -0.302. The number of Topliss-reactive ketones (excluding diaryl/α,β-unsaturated/α-hetero) is 1. The van der Waals surface area contributed by atoms with Crippen molar-refractivity contribution in [2.75, 3.05) is 38.8 Å². The lowest BCUT2D eigenvalue weighted by atomic mass is 9.99. The molecule has 0 aliphatic carbocycles. The van der Waals surface area contributed by atoms with Gasteiger partial charge in [-0.25, -0.2) is 4.98 Å². The maximum atomic E-state index is 11.8. The van der Waals surface area contributed by atoms with Crippen molar-refractivity contribution in [3.05, 3.63) is 18.0 Å². The third-order valence-corrected chi connectivity index (χ3v) is 6.76. The Morgan fingerprint density at radius 1 is 1.21 bits per heavy atom. The third kappa shape index (κ3) is 6.23. The van der Waals surface area contributed by atoms with Gasteiger partial charge in [0.05, 0.1) is 32.6 Å². The van der Waals surface area contributed by atoms with E-state index in [-0.39, 0.29) is 38.0 Å². The minimum atomic E-state index is -1.50. The molecule has 6 atom stereocenters. The molecular formula is C21H30N2O10S. The summed E-state index contributed by atoms with van der Waals surface area (Å²) < 4.78 is 21.4. The largest absolute Gasteiger partial charge is 0.505 e. The van der Waals surface area contributed by atoms with Crippen LogP contribution in [0.5, 0.6) is 11.5 Å². The van der Waals surface area contributed by atoms with E-state index >= 15 is 0 Å². The predicted octanol–water partition coefficient (Wildman–Crippen LogP) is -1.16. The second-order valence-electron chi connectivity index (χ2n) is 8.10. The van der Waals surface area contributed by atoms with Crippen molar-refractivity contribution in [2.45, 2.75) is 50.1 Å². The second kappa shape index (κ2) is 11.7. The molecule has 12 nitrogen and oxygen atoms in total. The Balaban J connectivity index is 1.37. The summed E-state index contributed by atoms with van der Waals surface area (Å²) >= 11 is 1.36. The fraction of sp³-hybridized carbons (Fsp3) is 0.667. The molecule has 0 spiro atoms. The predicted molar refractivity (Wildman–Crippen MR) is 120 cm³/mol. The van der Waals surface area contributed by atoms with Crippen LogP contribution >= 0.6 is 11.8 Å². The van der Waals surface area contributed by atoms with Gasteiger partial charge in [0, 0.05) is 11.8 Å². The Labute approximate surface area is 200 Å². The van der Waals surface area contributed by atoms with E-state index in [4.69, 9.17) is 24.1 Å². The monoisotopic (exact) mass is 502 g/mol. The van der Waals surface area contributed by atoms with Gasteiger partial charge in [-0.15, -0.1) is 11.8 Å². The van der Waals surface area contributed by atoms with Crippen molar-refractivity contribution in [1.29, 1.82) is 0 Å². The molecule has 1 saturated heterocycles. The minimum Gasteiger partial charge on any atom is -0.505 e. The number of thioether (sulfide) groups is 1. The van der Waals surface area contributed by atoms with E-state index in [1.165, 1.54) is 30.9 Å². The van der Waals surface area contributed by atoms with Gasteiger partial charge in [-0.3, -0.25) is 9.79 Å². The van der Waals surface area contributed by atoms with E-state index in [0.717, 1.165) is 0 Å². The van der Waals surface area contributed by atoms with Crippen molar-refractivity contribution in [3.63, 3.8) is 0 Å². The van der Waals surface area contributed by atoms with Crippen LogP contribution in [0, 0.1) is 0 Å². The van der Waals surface area contributed by atoms with Crippen molar-refractivity contribution < 1.29 is 49.3 Å². The molecule has 3 heterocycles. The second-order valence-corrected chi connectivity index (χ2v) is 9.07. The summed E-state index contributed by atoms with van der Waals surface area (Å²) in [6, 6.07) is 1.41. The quantitative estimate of drug-likeness (QED) is 0.229. The van der Waals surface area contributed by atoms with Gasteiger partial charge in [-0.2, -0.15) is 0 Å². The van der Waals surface area contributed by atoms with Crippen LogP contribution in [-0.4, -0.2) is 116 Å². The van der Waals surface area contributed by atoms with E-state index < -0.39 is 42.9 Å². The van der Waals surface area contributed by atoms with Crippen LogP contribution < -0.4 is 4.74 Å². The molecule has 1 fully saturated rings. The first-order valence-corrected chi connectivity index (χ1v) is 11.7. The number of hydrogen-bond donors (Lipinski definition) is 5. The Bertz CT molecular complexity index is 885. The first kappa shape index (κ1) is 26.8. The number of carbonyl (C=O) groups is 1. The summed E-state index contributed by atoms with van der Waals surface area (Å²) in [6.45, 7) is 3.22. The van der Waals surface area contributed by atoms with Gasteiger partial charge in [0.15, 0.2) is 12.1 Å². The van der Waals surface area contributed by atoms with Crippen LogP contribution in [0.1, 0.15) is 19.5 Å². The van der Waals surface area contributed by atoms with Crippen molar-refractivity contribution in [1.82, 2.24) is 4.98 Å². The number of carbonyl (C=O) groups excluding carboxylic acids is 1. The summed E-state index contributed by atoms with van der Waals surface area (Å²) in [7, 11) is 0. The van der Waals surface area contributed by atoms with Crippen LogP contribution in [0.3, 0.4) is 0 Å². The third-order valence-electron chi connectivity index (χ3n) is 5.50. The first-order valence-electron chi connectivity index (χ1n) is 10.7. The molecule has 13 heteroatoms. The highest BCUT2D eigenvalue weighted by Gasteiger charge is 2.44. The zero-order valence-corrected chi connectivity index (χ0v) is 19.7. The van der Waals surface area contributed by atoms with E-state index in [0.29, 0.717) is 22.2 Å². The molecule has 0 aromatic carbocycles. The number of aromatic hydroxyl groups is 1. The first-order chi connectivity index (χ1) is 16.2. The molecule has 0 bridgehead atoms. The summed E-state index contributed by atoms with van der Waals surface area (Å²) in [6.07, 6.45) is -5.20. The lowest BCUT2D eigenvalue weighted by Gasteiger charge is -2.39. The highest BCUT2D eigenvalue weighted by molar-refractivity contribution is 8.14. The number of hydrogen-bond acceptors (Lipinski definition) is 13. The maximum Gasteiger partial charge on any atom is 0.186 e. The van der Waals surface area contributed by atoms with Crippen LogP contribution in [0.25, 0.3) is 0 Å². The van der Waals surface area contributed by atoms with Gasteiger partial charge in [0.25, 0.3) is 0 Å². The van der Waals surface area contributed by atoms with Gasteiger partial charge in [-0.05, 0) is 13.8 Å². The van der Waals surface area contributed by atoms with Crippen LogP contribution in [0.2, 0.25) is 0 Å². The van der Waals surface area contributed by atoms with E-state index in [1.54, 1.807) is 6.92 Å².